The van der Waals surface area contributed by atoms with Crippen LogP contribution in [0.15, 0.2) is 28.2 Å². The maximum atomic E-state index is 4.52. The molecule has 0 unspecified atom stereocenters. The maximum Gasteiger partial charge on any atom is 0.133 e. The number of thiophene rings is 1. The topological polar surface area (TPSA) is 29.0 Å². The Kier molecular flexibility index (Phi) is 4.12. The number of halogens is 1. The molecule has 17 heavy (non-hydrogen) atoms. The van der Waals surface area contributed by atoms with Gasteiger partial charge in [-0.2, -0.15) is 0 Å². The highest BCUT2D eigenvalue weighted by molar-refractivity contribution is 9.10. The van der Waals surface area contributed by atoms with E-state index in [-0.39, 0.29) is 0 Å². The molecule has 2 heterocycles. The highest BCUT2D eigenvalue weighted by Crippen LogP contribution is 2.19. The van der Waals surface area contributed by atoms with Crippen LogP contribution in [0.1, 0.15) is 17.6 Å². The highest BCUT2D eigenvalue weighted by Gasteiger charge is 2.07. The minimum absolute atomic E-state index is 0.845. The van der Waals surface area contributed by atoms with E-state index < -0.39 is 0 Å². The van der Waals surface area contributed by atoms with Crippen LogP contribution in [0.5, 0.6) is 0 Å². The standard InChI is InChI=1S/C12H14BrN3S/c1-3-11-14-10(13)7-12(15-11)16(2)8-9-5-4-6-17-9/h4-7H,3,8H2,1-2H3. The van der Waals surface area contributed by atoms with Crippen molar-refractivity contribution in [3.8, 4) is 0 Å². The van der Waals surface area contributed by atoms with Crippen molar-refractivity contribution < 1.29 is 0 Å². The lowest BCUT2D eigenvalue weighted by Gasteiger charge is -2.17. The summed E-state index contributed by atoms with van der Waals surface area (Å²) in [6.45, 7) is 2.94. The van der Waals surface area contributed by atoms with E-state index >= 15 is 0 Å². The number of hydrogen-bond donors (Lipinski definition) is 0. The Morgan fingerprint density at radius 2 is 2.24 bits per heavy atom. The number of anilines is 1. The SMILES string of the molecule is CCc1nc(Br)cc(N(C)Cc2cccs2)n1. The fourth-order valence-electron chi connectivity index (χ4n) is 1.52. The van der Waals surface area contributed by atoms with E-state index in [1.165, 1.54) is 4.88 Å². The van der Waals surface area contributed by atoms with Crippen molar-refractivity contribution in [2.24, 2.45) is 0 Å². The molecule has 0 aromatic carbocycles. The van der Waals surface area contributed by atoms with E-state index in [0.29, 0.717) is 0 Å². The van der Waals surface area contributed by atoms with Crippen LogP contribution in [0.3, 0.4) is 0 Å². The first-order valence-corrected chi connectivity index (χ1v) is 7.13. The molecule has 0 aliphatic carbocycles. The molecule has 0 saturated heterocycles. The molecule has 5 heteroatoms. The second-order valence-corrected chi connectivity index (χ2v) is 5.60. The maximum absolute atomic E-state index is 4.52. The van der Waals surface area contributed by atoms with Gasteiger partial charge in [0, 0.05) is 24.4 Å². The number of aromatic nitrogens is 2. The second kappa shape index (κ2) is 5.60. The van der Waals surface area contributed by atoms with Gasteiger partial charge in [0.15, 0.2) is 0 Å². The molecule has 0 aliphatic heterocycles. The summed E-state index contributed by atoms with van der Waals surface area (Å²) in [6.07, 6.45) is 0.847. The van der Waals surface area contributed by atoms with Crippen LogP contribution in [-0.2, 0) is 13.0 Å². The normalized spacial score (nSPS) is 10.5. The molecule has 0 bridgehead atoms. The summed E-state index contributed by atoms with van der Waals surface area (Å²) in [5, 5.41) is 2.09. The van der Waals surface area contributed by atoms with Gasteiger partial charge in [-0.3, -0.25) is 0 Å². The molecular formula is C12H14BrN3S. The van der Waals surface area contributed by atoms with Gasteiger partial charge in [-0.05, 0) is 27.4 Å². The Labute approximate surface area is 114 Å². The van der Waals surface area contributed by atoms with Crippen LogP contribution in [0.4, 0.5) is 5.82 Å². The Bertz CT molecular complexity index is 485. The Hall–Kier alpha value is -0.940. The third-order valence-electron chi connectivity index (χ3n) is 2.41. The lowest BCUT2D eigenvalue weighted by Crippen LogP contribution is -2.18. The second-order valence-electron chi connectivity index (χ2n) is 3.75. The average molecular weight is 312 g/mol. The molecule has 0 spiro atoms. The summed E-state index contributed by atoms with van der Waals surface area (Å²) in [7, 11) is 2.05. The number of aryl methyl sites for hydroxylation is 1. The molecule has 90 valence electrons. The zero-order chi connectivity index (χ0) is 12.3. The summed E-state index contributed by atoms with van der Waals surface area (Å²) in [5.74, 6) is 1.82. The summed E-state index contributed by atoms with van der Waals surface area (Å²) in [6, 6.07) is 6.16. The van der Waals surface area contributed by atoms with Gasteiger partial charge >= 0.3 is 0 Å². The number of nitrogens with zero attached hydrogens (tertiary/aromatic N) is 3. The highest BCUT2D eigenvalue weighted by atomic mass is 79.9. The molecular weight excluding hydrogens is 298 g/mol. The first kappa shape index (κ1) is 12.5. The van der Waals surface area contributed by atoms with Crippen molar-refractivity contribution in [2.75, 3.05) is 11.9 Å². The predicted molar refractivity (Wildman–Crippen MR) is 75.5 cm³/mol. The molecule has 0 amide bonds. The van der Waals surface area contributed by atoms with E-state index in [9.17, 15) is 0 Å². The van der Waals surface area contributed by atoms with Crippen LogP contribution in [0, 0.1) is 0 Å². The van der Waals surface area contributed by atoms with Gasteiger partial charge < -0.3 is 4.90 Å². The summed E-state index contributed by atoms with van der Waals surface area (Å²) in [5.41, 5.74) is 0. The van der Waals surface area contributed by atoms with Gasteiger partial charge in [0.2, 0.25) is 0 Å². The van der Waals surface area contributed by atoms with Crippen molar-refractivity contribution in [3.05, 3.63) is 38.9 Å². The fraction of sp³-hybridized carbons (Fsp3) is 0.333. The van der Waals surface area contributed by atoms with E-state index in [1.54, 1.807) is 11.3 Å². The van der Waals surface area contributed by atoms with Gasteiger partial charge in [0.25, 0.3) is 0 Å². The molecule has 0 N–H and O–H groups in total. The van der Waals surface area contributed by atoms with E-state index in [4.69, 9.17) is 0 Å². The van der Waals surface area contributed by atoms with Crippen molar-refractivity contribution >= 4 is 33.1 Å². The summed E-state index contributed by atoms with van der Waals surface area (Å²) in [4.78, 5) is 12.3. The van der Waals surface area contributed by atoms with E-state index in [1.807, 2.05) is 13.1 Å². The molecule has 3 nitrogen and oxygen atoms in total. The Morgan fingerprint density at radius 3 is 2.88 bits per heavy atom. The minimum Gasteiger partial charge on any atom is -0.354 e. The van der Waals surface area contributed by atoms with Crippen LogP contribution < -0.4 is 4.90 Å². The summed E-state index contributed by atoms with van der Waals surface area (Å²) < 4.78 is 0.845. The van der Waals surface area contributed by atoms with E-state index in [0.717, 1.165) is 29.2 Å². The molecule has 0 radical (unpaired) electrons. The third kappa shape index (κ3) is 3.26. The molecule has 0 aliphatic rings. The zero-order valence-corrected chi connectivity index (χ0v) is 12.3. The molecule has 2 aromatic rings. The largest absolute Gasteiger partial charge is 0.354 e. The average Bonchev–Trinajstić information content (AvgIpc) is 2.81. The molecule has 0 saturated carbocycles. The Morgan fingerprint density at radius 1 is 1.41 bits per heavy atom. The van der Waals surface area contributed by atoms with Crippen LogP contribution in [0.2, 0.25) is 0 Å². The molecule has 0 fully saturated rings. The van der Waals surface area contributed by atoms with Gasteiger partial charge in [-0.15, -0.1) is 11.3 Å². The zero-order valence-electron chi connectivity index (χ0n) is 9.85. The number of hydrogen-bond acceptors (Lipinski definition) is 4. The van der Waals surface area contributed by atoms with Gasteiger partial charge in [0.05, 0.1) is 6.54 Å². The smallest absolute Gasteiger partial charge is 0.133 e. The van der Waals surface area contributed by atoms with E-state index in [2.05, 4.69) is 55.2 Å². The van der Waals surface area contributed by atoms with Crippen LogP contribution in [0.25, 0.3) is 0 Å². The van der Waals surface area contributed by atoms with Crippen LogP contribution in [-0.4, -0.2) is 17.0 Å². The van der Waals surface area contributed by atoms with Crippen molar-refractivity contribution in [3.63, 3.8) is 0 Å². The molecule has 2 aromatic heterocycles. The lowest BCUT2D eigenvalue weighted by molar-refractivity contribution is 0.860. The fourth-order valence-corrected chi connectivity index (χ4v) is 2.69. The lowest BCUT2D eigenvalue weighted by atomic mass is 10.4. The summed E-state index contributed by atoms with van der Waals surface area (Å²) >= 11 is 5.19. The number of rotatable bonds is 4. The Balaban J connectivity index is 2.18. The first-order chi connectivity index (χ1) is 8.19. The third-order valence-corrected chi connectivity index (χ3v) is 3.68. The quantitative estimate of drug-likeness (QED) is 0.809. The van der Waals surface area contributed by atoms with Gasteiger partial charge in [-0.1, -0.05) is 13.0 Å². The predicted octanol–water partition coefficient (Wildman–Crippen LogP) is 3.50. The van der Waals surface area contributed by atoms with Gasteiger partial charge in [-0.25, -0.2) is 9.97 Å². The molecule has 0 atom stereocenters. The minimum atomic E-state index is 0.845. The van der Waals surface area contributed by atoms with Crippen molar-refractivity contribution in [1.29, 1.82) is 0 Å². The monoisotopic (exact) mass is 311 g/mol. The first-order valence-electron chi connectivity index (χ1n) is 5.46. The molecule has 2 rings (SSSR count). The van der Waals surface area contributed by atoms with Gasteiger partial charge in [0.1, 0.15) is 16.2 Å². The van der Waals surface area contributed by atoms with Crippen molar-refractivity contribution in [1.82, 2.24) is 9.97 Å². The van der Waals surface area contributed by atoms with Crippen molar-refractivity contribution in [2.45, 2.75) is 19.9 Å². The van der Waals surface area contributed by atoms with Crippen LogP contribution >= 0.6 is 27.3 Å².